The van der Waals surface area contributed by atoms with Crippen LogP contribution < -0.4 is 9.46 Å². The molecule has 0 saturated heterocycles. The second kappa shape index (κ2) is 5.16. The molecule has 108 valence electrons. The van der Waals surface area contributed by atoms with Crippen molar-refractivity contribution >= 4 is 15.8 Å². The van der Waals surface area contributed by atoms with Crippen LogP contribution in [-0.4, -0.2) is 20.7 Å². The zero-order valence-corrected chi connectivity index (χ0v) is 12.5. The number of nitrogens with one attached hydrogen (secondary N) is 1. The monoisotopic (exact) mass is 296 g/mol. The van der Waals surface area contributed by atoms with E-state index in [-0.39, 0.29) is 10.7 Å². The van der Waals surface area contributed by atoms with E-state index in [9.17, 15) is 8.42 Å². The van der Waals surface area contributed by atoms with Crippen LogP contribution in [0.1, 0.15) is 16.9 Å². The molecule has 0 bridgehead atoms. The van der Waals surface area contributed by atoms with Gasteiger partial charge in [0.1, 0.15) is 11.5 Å². The quantitative estimate of drug-likeness (QED) is 0.937. The Kier molecular flexibility index (Phi) is 3.71. The molecule has 0 spiro atoms. The predicted molar refractivity (Wildman–Crippen MR) is 74.5 cm³/mol. The summed E-state index contributed by atoms with van der Waals surface area (Å²) in [6.07, 6.45) is 0. The molecule has 0 radical (unpaired) electrons. The minimum atomic E-state index is -3.71. The predicted octanol–water partition coefficient (Wildman–Crippen LogP) is 2.41. The van der Waals surface area contributed by atoms with E-state index in [1.54, 1.807) is 27.0 Å². The van der Waals surface area contributed by atoms with Gasteiger partial charge in [0, 0.05) is 6.07 Å². The van der Waals surface area contributed by atoms with E-state index < -0.39 is 10.0 Å². The third-order valence-electron chi connectivity index (χ3n) is 3.06. The van der Waals surface area contributed by atoms with Gasteiger partial charge in [0.05, 0.1) is 12.0 Å². The summed E-state index contributed by atoms with van der Waals surface area (Å²) in [6, 6.07) is 4.66. The minimum absolute atomic E-state index is 0.162. The summed E-state index contributed by atoms with van der Waals surface area (Å²) in [5, 5.41) is 3.62. The van der Waals surface area contributed by atoms with Gasteiger partial charge in [-0.3, -0.25) is 4.72 Å². The lowest BCUT2D eigenvalue weighted by molar-refractivity contribution is 0.400. The van der Waals surface area contributed by atoms with E-state index in [1.807, 2.05) is 6.92 Å². The number of hydrogen-bond acceptors (Lipinski definition) is 5. The van der Waals surface area contributed by atoms with Gasteiger partial charge in [0.25, 0.3) is 10.0 Å². The van der Waals surface area contributed by atoms with Crippen molar-refractivity contribution in [2.24, 2.45) is 0 Å². The molecule has 1 heterocycles. The van der Waals surface area contributed by atoms with Crippen LogP contribution in [0.15, 0.2) is 27.6 Å². The fraction of sp³-hybridized carbons (Fsp3) is 0.308. The van der Waals surface area contributed by atoms with Gasteiger partial charge in [0.2, 0.25) is 0 Å². The van der Waals surface area contributed by atoms with Crippen molar-refractivity contribution in [3.8, 4) is 5.75 Å². The van der Waals surface area contributed by atoms with Crippen LogP contribution in [0.2, 0.25) is 0 Å². The smallest absolute Gasteiger partial charge is 0.263 e. The van der Waals surface area contributed by atoms with E-state index in [1.165, 1.54) is 12.1 Å². The zero-order chi connectivity index (χ0) is 14.9. The van der Waals surface area contributed by atoms with Crippen molar-refractivity contribution < 1.29 is 17.7 Å². The highest BCUT2D eigenvalue weighted by molar-refractivity contribution is 7.92. The number of anilines is 1. The first-order valence-corrected chi connectivity index (χ1v) is 7.44. The third kappa shape index (κ3) is 2.62. The number of aromatic nitrogens is 1. The highest BCUT2D eigenvalue weighted by Crippen LogP contribution is 2.27. The van der Waals surface area contributed by atoms with Gasteiger partial charge in [-0.1, -0.05) is 5.16 Å². The van der Waals surface area contributed by atoms with Gasteiger partial charge in [-0.15, -0.1) is 0 Å². The fourth-order valence-electron chi connectivity index (χ4n) is 1.89. The SMILES string of the molecule is COc1ccc(S(=O)(=O)Nc2cc(C)on2)c(C)c1C. The Morgan fingerprint density at radius 1 is 1.20 bits per heavy atom. The first-order chi connectivity index (χ1) is 9.35. The molecule has 1 aromatic carbocycles. The van der Waals surface area contributed by atoms with Crippen LogP contribution >= 0.6 is 0 Å². The number of benzene rings is 1. The number of rotatable bonds is 4. The summed E-state index contributed by atoms with van der Waals surface area (Å²) in [5.41, 5.74) is 1.42. The maximum Gasteiger partial charge on any atom is 0.263 e. The number of methoxy groups -OCH3 is 1. The van der Waals surface area contributed by atoms with Gasteiger partial charge >= 0.3 is 0 Å². The van der Waals surface area contributed by atoms with E-state index in [0.717, 1.165) is 5.56 Å². The third-order valence-corrected chi connectivity index (χ3v) is 4.56. The number of sulfonamides is 1. The second-order valence-corrected chi connectivity index (χ2v) is 6.10. The molecule has 7 heteroatoms. The summed E-state index contributed by atoms with van der Waals surface area (Å²) >= 11 is 0. The molecule has 2 aromatic rings. The van der Waals surface area contributed by atoms with Crippen molar-refractivity contribution in [3.63, 3.8) is 0 Å². The molecule has 0 amide bonds. The van der Waals surface area contributed by atoms with Crippen LogP contribution in [-0.2, 0) is 10.0 Å². The standard InChI is InChI=1S/C13H16N2O4S/c1-8-7-13(14-19-8)15-20(16,17)12-6-5-11(18-4)9(2)10(12)3/h5-7H,1-4H3,(H,14,15). The highest BCUT2D eigenvalue weighted by atomic mass is 32.2. The lowest BCUT2D eigenvalue weighted by atomic mass is 10.1. The molecular formula is C13H16N2O4S. The van der Waals surface area contributed by atoms with Crippen molar-refractivity contribution in [2.75, 3.05) is 11.8 Å². The molecule has 0 aliphatic rings. The Balaban J connectivity index is 2.42. The van der Waals surface area contributed by atoms with Gasteiger partial charge in [-0.05, 0) is 44.0 Å². The maximum atomic E-state index is 12.3. The number of aryl methyl sites for hydroxylation is 1. The second-order valence-electron chi connectivity index (χ2n) is 4.44. The average Bonchev–Trinajstić information content (AvgIpc) is 2.77. The molecule has 0 atom stereocenters. The van der Waals surface area contributed by atoms with Crippen LogP contribution in [0, 0.1) is 20.8 Å². The Labute approximate surface area is 117 Å². The molecule has 20 heavy (non-hydrogen) atoms. The largest absolute Gasteiger partial charge is 0.496 e. The highest BCUT2D eigenvalue weighted by Gasteiger charge is 2.20. The number of nitrogens with zero attached hydrogens (tertiary/aromatic N) is 1. The number of ether oxygens (including phenoxy) is 1. The van der Waals surface area contributed by atoms with Crippen LogP contribution in [0.4, 0.5) is 5.82 Å². The average molecular weight is 296 g/mol. The van der Waals surface area contributed by atoms with Crippen LogP contribution in [0.25, 0.3) is 0 Å². The molecule has 0 unspecified atom stereocenters. The summed E-state index contributed by atoms with van der Waals surface area (Å²) in [4.78, 5) is 0.191. The van der Waals surface area contributed by atoms with Gasteiger partial charge in [0.15, 0.2) is 5.82 Å². The molecule has 1 aromatic heterocycles. The molecule has 2 rings (SSSR count). The van der Waals surface area contributed by atoms with Crippen molar-refractivity contribution in [1.82, 2.24) is 5.16 Å². The van der Waals surface area contributed by atoms with Crippen molar-refractivity contribution in [3.05, 3.63) is 35.1 Å². The van der Waals surface area contributed by atoms with E-state index >= 15 is 0 Å². The summed E-state index contributed by atoms with van der Waals surface area (Å²) in [5.74, 6) is 1.35. The molecule has 6 nitrogen and oxygen atoms in total. The Morgan fingerprint density at radius 3 is 2.45 bits per heavy atom. The molecule has 0 saturated carbocycles. The molecule has 0 aliphatic heterocycles. The normalized spacial score (nSPS) is 11.4. The fourth-order valence-corrected chi connectivity index (χ4v) is 3.18. The van der Waals surface area contributed by atoms with Gasteiger partial charge in [-0.25, -0.2) is 8.42 Å². The van der Waals surface area contributed by atoms with E-state index in [4.69, 9.17) is 9.26 Å². The van der Waals surface area contributed by atoms with Gasteiger partial charge in [-0.2, -0.15) is 0 Å². The molecular weight excluding hydrogens is 280 g/mol. The first kappa shape index (κ1) is 14.4. The lowest BCUT2D eigenvalue weighted by Gasteiger charge is -2.13. The Hall–Kier alpha value is -2.02. The van der Waals surface area contributed by atoms with E-state index in [0.29, 0.717) is 17.1 Å². The van der Waals surface area contributed by atoms with Crippen LogP contribution in [0.3, 0.4) is 0 Å². The summed E-state index contributed by atoms with van der Waals surface area (Å²) in [7, 11) is -2.16. The summed E-state index contributed by atoms with van der Waals surface area (Å²) < 4.78 is 37.1. The Morgan fingerprint density at radius 2 is 1.90 bits per heavy atom. The molecule has 1 N–H and O–H groups in total. The maximum absolute atomic E-state index is 12.3. The lowest BCUT2D eigenvalue weighted by Crippen LogP contribution is -2.15. The molecule has 0 fully saturated rings. The zero-order valence-electron chi connectivity index (χ0n) is 11.7. The van der Waals surface area contributed by atoms with Crippen molar-refractivity contribution in [2.45, 2.75) is 25.7 Å². The first-order valence-electron chi connectivity index (χ1n) is 5.95. The van der Waals surface area contributed by atoms with E-state index in [2.05, 4.69) is 9.88 Å². The Bertz CT molecular complexity index is 735. The van der Waals surface area contributed by atoms with Crippen molar-refractivity contribution in [1.29, 1.82) is 0 Å². The number of hydrogen-bond donors (Lipinski definition) is 1. The van der Waals surface area contributed by atoms with Gasteiger partial charge < -0.3 is 9.26 Å². The summed E-state index contributed by atoms with van der Waals surface area (Å²) in [6.45, 7) is 5.24. The minimum Gasteiger partial charge on any atom is -0.496 e. The van der Waals surface area contributed by atoms with Crippen LogP contribution in [0.5, 0.6) is 5.75 Å². The topological polar surface area (TPSA) is 81.4 Å². The molecule has 0 aliphatic carbocycles.